The number of nitrogens with one attached hydrogen (secondary N) is 1. The number of rotatable bonds is 5. The van der Waals surface area contributed by atoms with Crippen LogP contribution in [0.15, 0.2) is 35.1 Å². The third-order valence-corrected chi connectivity index (χ3v) is 3.14. The molecule has 2 aromatic rings. The maximum atomic E-state index is 11.6. The van der Waals surface area contributed by atoms with Crippen LogP contribution in [0.1, 0.15) is 25.3 Å². The second-order valence-electron chi connectivity index (χ2n) is 4.56. The number of hydrogen-bond donors (Lipinski definition) is 1. The molecule has 110 valence electrons. The summed E-state index contributed by atoms with van der Waals surface area (Å²) in [6.07, 6.45) is 4.59. The highest BCUT2D eigenvalue weighted by atomic mass is 79.9. The Bertz CT molecular complexity index is 629. The van der Waals surface area contributed by atoms with Crippen molar-refractivity contribution in [3.8, 4) is 11.8 Å². The Labute approximate surface area is 131 Å². The van der Waals surface area contributed by atoms with Gasteiger partial charge in [0.25, 0.3) is 0 Å². The fraction of sp³-hybridized carbons (Fsp3) is 0.267. The number of carbonyl (C=O) groups excluding carboxylic acids is 1. The van der Waals surface area contributed by atoms with Gasteiger partial charge in [0.2, 0.25) is 5.91 Å². The molecule has 1 heterocycles. The molecule has 0 aliphatic carbocycles. The van der Waals surface area contributed by atoms with Crippen molar-refractivity contribution >= 4 is 27.5 Å². The van der Waals surface area contributed by atoms with Crippen LogP contribution in [-0.4, -0.2) is 15.9 Å². The Morgan fingerprint density at radius 1 is 1.33 bits per heavy atom. The average Bonchev–Trinajstić information content (AvgIpc) is 2.44. The average molecular weight is 350 g/mol. The van der Waals surface area contributed by atoms with Crippen LogP contribution in [0.25, 0.3) is 0 Å². The molecule has 0 saturated heterocycles. The highest BCUT2D eigenvalue weighted by Crippen LogP contribution is 2.25. The van der Waals surface area contributed by atoms with Gasteiger partial charge in [-0.25, -0.2) is 9.97 Å². The fourth-order valence-electron chi connectivity index (χ4n) is 1.74. The monoisotopic (exact) mass is 349 g/mol. The zero-order chi connectivity index (χ0) is 15.2. The van der Waals surface area contributed by atoms with Gasteiger partial charge in [0.15, 0.2) is 0 Å². The van der Waals surface area contributed by atoms with Gasteiger partial charge >= 0.3 is 6.01 Å². The molecular weight excluding hydrogens is 334 g/mol. The van der Waals surface area contributed by atoms with Crippen molar-refractivity contribution < 1.29 is 9.53 Å². The van der Waals surface area contributed by atoms with Crippen LogP contribution in [0, 0.1) is 6.92 Å². The second-order valence-corrected chi connectivity index (χ2v) is 5.48. The van der Waals surface area contributed by atoms with Crippen LogP contribution in [-0.2, 0) is 4.79 Å². The first-order valence-corrected chi connectivity index (χ1v) is 7.43. The molecular formula is C15H16BrN3O2. The Morgan fingerprint density at radius 3 is 2.67 bits per heavy atom. The first-order chi connectivity index (χ1) is 10.1. The van der Waals surface area contributed by atoms with E-state index in [2.05, 4.69) is 31.2 Å². The van der Waals surface area contributed by atoms with E-state index in [1.165, 1.54) is 0 Å². The molecule has 2 rings (SSSR count). The smallest absolute Gasteiger partial charge is 0.321 e. The molecule has 0 atom stereocenters. The highest BCUT2D eigenvalue weighted by molar-refractivity contribution is 9.10. The largest absolute Gasteiger partial charge is 0.424 e. The van der Waals surface area contributed by atoms with Crippen LogP contribution >= 0.6 is 15.9 Å². The Hall–Kier alpha value is -1.95. The summed E-state index contributed by atoms with van der Waals surface area (Å²) in [4.78, 5) is 19.7. The van der Waals surface area contributed by atoms with E-state index in [0.717, 1.165) is 22.1 Å². The van der Waals surface area contributed by atoms with Crippen molar-refractivity contribution in [2.24, 2.45) is 0 Å². The van der Waals surface area contributed by atoms with E-state index < -0.39 is 0 Å². The number of aromatic nitrogens is 2. The van der Waals surface area contributed by atoms with Gasteiger partial charge in [-0.2, -0.15) is 0 Å². The minimum absolute atomic E-state index is 0.0156. The predicted octanol–water partition coefficient (Wildman–Crippen LogP) is 4.08. The molecule has 6 heteroatoms. The number of nitrogens with zero attached hydrogens (tertiary/aromatic N) is 2. The normalized spacial score (nSPS) is 10.2. The number of anilines is 1. The van der Waals surface area contributed by atoms with E-state index in [1.807, 2.05) is 19.9 Å². The summed E-state index contributed by atoms with van der Waals surface area (Å²) in [7, 11) is 0. The van der Waals surface area contributed by atoms with Gasteiger partial charge in [-0.1, -0.05) is 6.92 Å². The molecule has 1 amide bonds. The zero-order valence-electron chi connectivity index (χ0n) is 11.9. The second kappa shape index (κ2) is 7.17. The van der Waals surface area contributed by atoms with Crippen LogP contribution in [0.2, 0.25) is 0 Å². The SMILES string of the molecule is CCCC(=O)Nc1ccc(Oc2ncc(Br)cn2)c(C)c1. The molecule has 1 N–H and O–H groups in total. The van der Waals surface area contributed by atoms with Crippen molar-refractivity contribution in [1.82, 2.24) is 9.97 Å². The van der Waals surface area contributed by atoms with Crippen LogP contribution in [0.5, 0.6) is 11.8 Å². The molecule has 0 unspecified atom stereocenters. The summed E-state index contributed by atoms with van der Waals surface area (Å²) >= 11 is 3.27. The molecule has 0 radical (unpaired) electrons. The van der Waals surface area contributed by atoms with Crippen molar-refractivity contribution in [3.63, 3.8) is 0 Å². The lowest BCUT2D eigenvalue weighted by atomic mass is 10.2. The van der Waals surface area contributed by atoms with Gasteiger partial charge in [0, 0.05) is 24.5 Å². The van der Waals surface area contributed by atoms with E-state index in [4.69, 9.17) is 4.74 Å². The first-order valence-electron chi connectivity index (χ1n) is 6.64. The molecule has 5 nitrogen and oxygen atoms in total. The molecule has 1 aromatic carbocycles. The Kier molecular flexibility index (Phi) is 5.27. The van der Waals surface area contributed by atoms with Crippen LogP contribution in [0.3, 0.4) is 0 Å². The third kappa shape index (κ3) is 4.53. The topological polar surface area (TPSA) is 64.1 Å². The number of hydrogen-bond acceptors (Lipinski definition) is 4. The van der Waals surface area contributed by atoms with Crippen molar-refractivity contribution in [3.05, 3.63) is 40.6 Å². The summed E-state index contributed by atoms with van der Waals surface area (Å²) in [5, 5.41) is 2.85. The zero-order valence-corrected chi connectivity index (χ0v) is 13.5. The summed E-state index contributed by atoms with van der Waals surface area (Å²) in [6.45, 7) is 3.88. The molecule has 21 heavy (non-hydrogen) atoms. The van der Waals surface area contributed by atoms with E-state index in [-0.39, 0.29) is 11.9 Å². The van der Waals surface area contributed by atoms with Gasteiger partial charge in [-0.05, 0) is 53.0 Å². The molecule has 0 fully saturated rings. The molecule has 1 aromatic heterocycles. The van der Waals surface area contributed by atoms with E-state index in [9.17, 15) is 4.79 Å². The van der Waals surface area contributed by atoms with Gasteiger partial charge in [-0.15, -0.1) is 0 Å². The van der Waals surface area contributed by atoms with Crippen LogP contribution in [0.4, 0.5) is 5.69 Å². The minimum atomic E-state index is 0.0156. The quantitative estimate of drug-likeness (QED) is 0.883. The number of carbonyl (C=O) groups is 1. The highest BCUT2D eigenvalue weighted by Gasteiger charge is 2.06. The summed E-state index contributed by atoms with van der Waals surface area (Å²) in [5.74, 6) is 0.674. The Morgan fingerprint density at radius 2 is 2.05 bits per heavy atom. The number of aryl methyl sites for hydroxylation is 1. The van der Waals surface area contributed by atoms with Crippen molar-refractivity contribution in [2.45, 2.75) is 26.7 Å². The Balaban J connectivity index is 2.08. The van der Waals surface area contributed by atoms with Gasteiger partial charge in [0.1, 0.15) is 5.75 Å². The molecule has 0 bridgehead atoms. The number of ether oxygens (including phenoxy) is 1. The van der Waals surface area contributed by atoms with Crippen molar-refractivity contribution in [2.75, 3.05) is 5.32 Å². The number of amides is 1. The van der Waals surface area contributed by atoms with E-state index in [1.54, 1.807) is 24.5 Å². The number of halogens is 1. The number of benzene rings is 1. The fourth-order valence-corrected chi connectivity index (χ4v) is 1.95. The van der Waals surface area contributed by atoms with Gasteiger partial charge in [0.05, 0.1) is 4.47 Å². The standard InChI is InChI=1S/C15H16BrN3O2/c1-3-4-14(20)19-12-5-6-13(10(2)7-12)21-15-17-8-11(16)9-18-15/h5-9H,3-4H2,1-2H3,(H,19,20). The van der Waals surface area contributed by atoms with Crippen LogP contribution < -0.4 is 10.1 Å². The molecule has 0 aliphatic heterocycles. The third-order valence-electron chi connectivity index (χ3n) is 2.73. The minimum Gasteiger partial charge on any atom is -0.424 e. The lowest BCUT2D eigenvalue weighted by molar-refractivity contribution is -0.116. The summed E-state index contributed by atoms with van der Waals surface area (Å²) in [5.41, 5.74) is 1.66. The maximum absolute atomic E-state index is 11.6. The molecule has 0 spiro atoms. The summed E-state index contributed by atoms with van der Waals surface area (Å²) in [6, 6.07) is 5.74. The predicted molar refractivity (Wildman–Crippen MR) is 84.5 cm³/mol. The summed E-state index contributed by atoms with van der Waals surface area (Å²) < 4.78 is 6.41. The van der Waals surface area contributed by atoms with E-state index in [0.29, 0.717) is 12.2 Å². The van der Waals surface area contributed by atoms with Gasteiger partial charge in [-0.3, -0.25) is 4.79 Å². The molecule has 0 saturated carbocycles. The first kappa shape index (κ1) is 15.4. The lowest BCUT2D eigenvalue weighted by Crippen LogP contribution is -2.10. The van der Waals surface area contributed by atoms with Crippen molar-refractivity contribution in [1.29, 1.82) is 0 Å². The van der Waals surface area contributed by atoms with Gasteiger partial charge < -0.3 is 10.1 Å². The maximum Gasteiger partial charge on any atom is 0.321 e. The lowest BCUT2D eigenvalue weighted by Gasteiger charge is -2.10. The molecule has 0 aliphatic rings. The van der Waals surface area contributed by atoms with E-state index >= 15 is 0 Å².